The number of aliphatic hydroxyl groups is 11. The lowest BCUT2D eigenvalue weighted by atomic mass is 9.88. The molecule has 2 amide bonds. The zero-order chi connectivity index (χ0) is 75.3. The number of carbonyl (C=O) groups excluding carboxylic acids is 2. The first-order valence-electron chi connectivity index (χ1n) is 41.6. The summed E-state index contributed by atoms with van der Waals surface area (Å²) in [5.74, 6) is -6.13. The number of amides is 2. The van der Waals surface area contributed by atoms with Crippen molar-refractivity contribution in [3.63, 3.8) is 0 Å². The van der Waals surface area contributed by atoms with Gasteiger partial charge in [-0.2, -0.15) is 0 Å². The molecule has 0 aromatic rings. The number of unbranched alkanes of at least 4 members (excludes halogenated alkanes) is 46. The van der Waals surface area contributed by atoms with Crippen LogP contribution in [0.5, 0.6) is 0 Å². The van der Waals surface area contributed by atoms with Gasteiger partial charge in [0.2, 0.25) is 11.8 Å². The van der Waals surface area contributed by atoms with Crippen LogP contribution in [0.1, 0.15) is 342 Å². The van der Waals surface area contributed by atoms with Crippen LogP contribution in [-0.2, 0) is 42.8 Å². The minimum Gasteiger partial charge on any atom is -0.477 e. The maximum atomic E-state index is 13.6. The van der Waals surface area contributed by atoms with Crippen molar-refractivity contribution in [2.45, 2.75) is 452 Å². The summed E-state index contributed by atoms with van der Waals surface area (Å²) in [6.07, 6.45) is 35.3. The minimum absolute atomic E-state index is 0.206. The number of carbonyl (C=O) groups is 3. The average molecular weight is 1480 g/mol. The molecule has 0 aliphatic carbocycles. The minimum atomic E-state index is -3.08. The Morgan fingerprint density at radius 3 is 1.29 bits per heavy atom. The number of rotatable bonds is 66. The Kier molecular flexibility index (Phi) is 54.6. The summed E-state index contributed by atoms with van der Waals surface area (Å²) in [7, 11) is 0. The molecule has 18 atom stereocenters. The molecule has 0 spiro atoms. The van der Waals surface area contributed by atoms with Crippen LogP contribution in [0.3, 0.4) is 0 Å². The maximum Gasteiger partial charge on any atom is 0.364 e. The molecule has 3 rings (SSSR count). The van der Waals surface area contributed by atoms with Gasteiger partial charge in [-0.1, -0.05) is 315 Å². The number of ether oxygens (including phenoxy) is 6. The van der Waals surface area contributed by atoms with Crippen molar-refractivity contribution >= 4 is 17.8 Å². The van der Waals surface area contributed by atoms with E-state index in [0.717, 1.165) is 51.9 Å². The Labute approximate surface area is 620 Å². The van der Waals surface area contributed by atoms with Crippen LogP contribution >= 0.6 is 0 Å². The van der Waals surface area contributed by atoms with E-state index in [2.05, 4.69) is 24.5 Å². The van der Waals surface area contributed by atoms with E-state index in [0.29, 0.717) is 12.8 Å². The highest BCUT2D eigenvalue weighted by Gasteiger charge is 2.60. The molecule has 3 aliphatic heterocycles. The number of nitrogens with one attached hydrogen (secondary N) is 2. The van der Waals surface area contributed by atoms with Crippen LogP contribution in [0.15, 0.2) is 12.2 Å². The molecule has 18 unspecified atom stereocenters. The molecule has 3 fully saturated rings. The molecule has 0 aromatic heterocycles. The van der Waals surface area contributed by atoms with Gasteiger partial charge < -0.3 is 100 Å². The topological polar surface area (TPSA) is 373 Å². The molecule has 23 heteroatoms. The van der Waals surface area contributed by atoms with Crippen LogP contribution in [0.25, 0.3) is 0 Å². The molecule has 3 saturated heterocycles. The third-order valence-electron chi connectivity index (χ3n) is 21.2. The highest BCUT2D eigenvalue weighted by molar-refractivity contribution is 5.77. The molecule has 0 aromatic carbocycles. The van der Waals surface area contributed by atoms with Crippen molar-refractivity contribution in [1.29, 1.82) is 0 Å². The van der Waals surface area contributed by atoms with Crippen LogP contribution < -0.4 is 10.6 Å². The SMILES string of the molecule is CCCCCCCCCCCCCCCCCCCCCCCCC/C=C/C(O)C(COC1OC(CO)C(OC2OC(CO)C(O)C(OC3(C(=O)O)CC(O)C(NC(C)=O)C(C(O)C(O)CO)O3)C2O)C(O)C1O)NC(=O)CCCCCCCCCCCCCCCCCCCCCCCCCC. The second-order valence-corrected chi connectivity index (χ2v) is 30.4. The molecule has 103 heavy (non-hydrogen) atoms. The molecule has 0 saturated carbocycles. The van der Waals surface area contributed by atoms with Gasteiger partial charge in [0.25, 0.3) is 5.79 Å². The van der Waals surface area contributed by atoms with Gasteiger partial charge in [0.15, 0.2) is 12.6 Å². The smallest absolute Gasteiger partial charge is 0.364 e. The van der Waals surface area contributed by atoms with Gasteiger partial charge in [-0.3, -0.25) is 9.59 Å². The summed E-state index contributed by atoms with van der Waals surface area (Å²) in [4.78, 5) is 38.7. The Morgan fingerprint density at radius 1 is 0.505 bits per heavy atom. The highest BCUT2D eigenvalue weighted by atomic mass is 16.8. The largest absolute Gasteiger partial charge is 0.477 e. The number of allylic oxidation sites excluding steroid dienone is 1. The summed E-state index contributed by atoms with van der Waals surface area (Å²) in [6.45, 7) is 2.21. The fourth-order valence-corrected chi connectivity index (χ4v) is 14.7. The fraction of sp³-hybridized carbons (Fsp3) is 0.938. The zero-order valence-corrected chi connectivity index (χ0v) is 64.2. The van der Waals surface area contributed by atoms with Gasteiger partial charge >= 0.3 is 5.97 Å². The van der Waals surface area contributed by atoms with Gasteiger partial charge in [-0.15, -0.1) is 0 Å². The van der Waals surface area contributed by atoms with Crippen molar-refractivity contribution in [3.05, 3.63) is 12.2 Å². The second kappa shape index (κ2) is 59.4. The monoisotopic (exact) mass is 1480 g/mol. The van der Waals surface area contributed by atoms with E-state index in [1.807, 2.05) is 6.08 Å². The lowest BCUT2D eigenvalue weighted by Crippen LogP contribution is -2.70. The third kappa shape index (κ3) is 39.6. The predicted octanol–water partition coefficient (Wildman–Crippen LogP) is 11.4. The quantitative estimate of drug-likeness (QED) is 0.0199. The van der Waals surface area contributed by atoms with Gasteiger partial charge in [-0.25, -0.2) is 4.79 Å². The summed E-state index contributed by atoms with van der Waals surface area (Å²) < 4.78 is 34.9. The fourth-order valence-electron chi connectivity index (χ4n) is 14.7. The van der Waals surface area contributed by atoms with Crippen LogP contribution in [-0.4, -0.2) is 215 Å². The number of carboxylic acid groups (broad SMARTS) is 1. The number of carboxylic acids is 1. The number of hydrogen-bond donors (Lipinski definition) is 14. The average Bonchev–Trinajstić information content (AvgIpc) is 0.754. The number of aliphatic hydroxyl groups excluding tert-OH is 11. The molecule has 23 nitrogen and oxygen atoms in total. The molecular weight excluding hydrogens is 1320 g/mol. The number of hydrogen-bond acceptors (Lipinski definition) is 20. The van der Waals surface area contributed by atoms with Crippen molar-refractivity contribution in [2.75, 3.05) is 26.4 Å². The molecule has 0 bridgehead atoms. The van der Waals surface area contributed by atoms with E-state index >= 15 is 0 Å². The van der Waals surface area contributed by atoms with Crippen LogP contribution in [0.2, 0.25) is 0 Å². The standard InChI is InChI=1S/C80H150N2O21/c1-4-6-8-10-12-14-16-18-20-22-24-26-28-30-31-33-35-37-39-41-43-45-47-49-51-53-62(87)61(82-67(90)54-52-50-48-46-44-42-40-38-36-34-32-29-27-25-23-21-19-17-15-13-11-9-7-5-2)59-98-77-72(94)71(93)74(66(58-85)100-77)101-78-73(95)76(70(92)65(57-84)99-78)103-80(79(96)97)55-63(88)68(81-60(3)86)75(102-80)69(91)64(89)56-83/h51,53,61-66,68-78,83-85,87-89,91-95H,4-50,52,54-59H2,1-3H3,(H,81,86)(H,82,90)(H,96,97)/b53-51+. The van der Waals surface area contributed by atoms with Crippen molar-refractivity contribution in [3.8, 4) is 0 Å². The lowest BCUT2D eigenvalue weighted by Gasteiger charge is -2.50. The molecular formula is C80H150N2O21. The number of aliphatic carboxylic acids is 1. The summed E-state index contributed by atoms with van der Waals surface area (Å²) in [5, 5.41) is 136. The van der Waals surface area contributed by atoms with E-state index in [-0.39, 0.29) is 12.3 Å². The van der Waals surface area contributed by atoms with Gasteiger partial charge in [-0.05, 0) is 19.3 Å². The van der Waals surface area contributed by atoms with Gasteiger partial charge in [0, 0.05) is 19.8 Å². The van der Waals surface area contributed by atoms with E-state index in [1.165, 1.54) is 250 Å². The molecule has 606 valence electrons. The Balaban J connectivity index is 1.51. The molecule has 3 heterocycles. The first-order valence-corrected chi connectivity index (χ1v) is 41.6. The molecule has 0 radical (unpaired) electrons. The summed E-state index contributed by atoms with van der Waals surface area (Å²) in [5.41, 5.74) is 0. The highest BCUT2D eigenvalue weighted by Crippen LogP contribution is 2.39. The Morgan fingerprint density at radius 2 is 0.903 bits per heavy atom. The van der Waals surface area contributed by atoms with Crippen LogP contribution in [0.4, 0.5) is 0 Å². The lowest BCUT2D eigenvalue weighted by molar-refractivity contribution is -0.386. The van der Waals surface area contributed by atoms with Crippen molar-refractivity contribution in [2.24, 2.45) is 0 Å². The van der Waals surface area contributed by atoms with Gasteiger partial charge in [0.05, 0.1) is 50.7 Å². The van der Waals surface area contributed by atoms with Crippen LogP contribution in [0, 0.1) is 0 Å². The summed E-state index contributed by atoms with van der Waals surface area (Å²) in [6, 6.07) is -2.62. The molecule has 3 aliphatic rings. The third-order valence-corrected chi connectivity index (χ3v) is 21.2. The second-order valence-electron chi connectivity index (χ2n) is 30.4. The van der Waals surface area contributed by atoms with Crippen molar-refractivity contribution < 1.29 is 104 Å². The Hall–Kier alpha value is -2.53. The van der Waals surface area contributed by atoms with Gasteiger partial charge in [0.1, 0.15) is 67.1 Å². The first-order chi connectivity index (χ1) is 49.9. The summed E-state index contributed by atoms with van der Waals surface area (Å²) >= 11 is 0. The maximum absolute atomic E-state index is 13.6. The van der Waals surface area contributed by atoms with E-state index < -0.39 is 155 Å². The predicted molar refractivity (Wildman–Crippen MR) is 398 cm³/mol. The Bertz CT molecular complexity index is 2100. The zero-order valence-electron chi connectivity index (χ0n) is 64.2. The van der Waals surface area contributed by atoms with E-state index in [1.54, 1.807) is 6.08 Å². The normalized spacial score (nSPS) is 26.5. The van der Waals surface area contributed by atoms with Crippen molar-refractivity contribution in [1.82, 2.24) is 10.6 Å². The molecule has 14 N–H and O–H groups in total. The first kappa shape index (κ1) is 94.7. The van der Waals surface area contributed by atoms with E-state index in [9.17, 15) is 75.7 Å². The van der Waals surface area contributed by atoms with E-state index in [4.69, 9.17) is 28.4 Å².